The third kappa shape index (κ3) is 21.5. The van der Waals surface area contributed by atoms with Crippen LogP contribution in [0.4, 0.5) is 9.59 Å². The second-order valence-electron chi connectivity index (χ2n) is 8.81. The van der Waals surface area contributed by atoms with Crippen LogP contribution in [0.15, 0.2) is 0 Å². The van der Waals surface area contributed by atoms with Crippen molar-refractivity contribution < 1.29 is 33.0 Å². The van der Waals surface area contributed by atoms with Crippen LogP contribution in [-0.4, -0.2) is 70.4 Å². The number of carbonyl (C=O) groups is 2. The molecule has 0 atom stereocenters. The van der Waals surface area contributed by atoms with Crippen molar-refractivity contribution in [2.24, 2.45) is 0 Å². The molecule has 0 rings (SSSR count). The van der Waals surface area contributed by atoms with Gasteiger partial charge < -0.3 is 23.4 Å². The Bertz CT molecular complexity index is 404. The maximum atomic E-state index is 11.6. The fourth-order valence-corrected chi connectivity index (χ4v) is 3.02. The third-order valence-corrected chi connectivity index (χ3v) is 5.27. The molecule has 7 heteroatoms. The van der Waals surface area contributed by atoms with E-state index < -0.39 is 12.3 Å². The highest BCUT2D eigenvalue weighted by atomic mass is 16.7. The number of quaternary nitrogens is 1. The van der Waals surface area contributed by atoms with Crippen LogP contribution in [0, 0.1) is 0 Å². The highest BCUT2D eigenvalue weighted by molar-refractivity contribution is 5.60. The van der Waals surface area contributed by atoms with Crippen molar-refractivity contribution in [1.29, 1.82) is 0 Å². The molecule has 0 spiro atoms. The number of hydrogen-bond donors (Lipinski definition) is 0. The second kappa shape index (κ2) is 20.4. The maximum absolute atomic E-state index is 11.6. The van der Waals surface area contributed by atoms with Gasteiger partial charge in [0.25, 0.3) is 0 Å². The summed E-state index contributed by atoms with van der Waals surface area (Å²) in [6.07, 6.45) is 12.6. The zero-order chi connectivity index (χ0) is 23.2. The van der Waals surface area contributed by atoms with E-state index in [9.17, 15) is 9.59 Å². The van der Waals surface area contributed by atoms with Crippen molar-refractivity contribution in [2.45, 2.75) is 90.9 Å². The van der Waals surface area contributed by atoms with Crippen molar-refractivity contribution in [1.82, 2.24) is 0 Å². The molecule has 0 heterocycles. The van der Waals surface area contributed by atoms with Gasteiger partial charge >= 0.3 is 12.3 Å². The SMILES string of the molecule is CCCCCCCCOC(=O)OCC[N+](C)(C)CCOC(=O)OCCCCCCCC. The lowest BCUT2D eigenvalue weighted by molar-refractivity contribution is -0.890. The quantitative estimate of drug-likeness (QED) is 0.128. The van der Waals surface area contributed by atoms with E-state index in [2.05, 4.69) is 13.8 Å². The van der Waals surface area contributed by atoms with Crippen molar-refractivity contribution in [2.75, 3.05) is 53.6 Å². The fraction of sp³-hybridized carbons (Fsp3) is 0.917. The molecule has 0 aromatic rings. The number of ether oxygens (including phenoxy) is 4. The minimum absolute atomic E-state index is 0.269. The first-order valence-electron chi connectivity index (χ1n) is 12.3. The molecule has 0 N–H and O–H groups in total. The second-order valence-corrected chi connectivity index (χ2v) is 8.81. The van der Waals surface area contributed by atoms with Crippen LogP contribution in [0.5, 0.6) is 0 Å². The molecule has 0 unspecified atom stereocenters. The molecule has 184 valence electrons. The van der Waals surface area contributed by atoms with Gasteiger partial charge in [0.05, 0.1) is 27.3 Å². The van der Waals surface area contributed by atoms with Gasteiger partial charge in [-0.15, -0.1) is 0 Å². The van der Waals surface area contributed by atoms with Gasteiger partial charge in [0, 0.05) is 0 Å². The predicted molar refractivity (Wildman–Crippen MR) is 123 cm³/mol. The Hall–Kier alpha value is -1.50. The number of unbranched alkanes of at least 4 members (excludes halogenated alkanes) is 10. The Morgan fingerprint density at radius 2 is 0.839 bits per heavy atom. The monoisotopic (exact) mass is 446 g/mol. The molecule has 0 radical (unpaired) electrons. The first-order valence-corrected chi connectivity index (χ1v) is 12.3. The molecular formula is C24H48NO6+. The van der Waals surface area contributed by atoms with Crippen molar-refractivity contribution >= 4 is 12.3 Å². The van der Waals surface area contributed by atoms with Gasteiger partial charge in [0.15, 0.2) is 0 Å². The first kappa shape index (κ1) is 29.5. The summed E-state index contributed by atoms with van der Waals surface area (Å²) in [7, 11) is 3.99. The van der Waals surface area contributed by atoms with Gasteiger partial charge in [-0.25, -0.2) is 9.59 Å². The number of carbonyl (C=O) groups excluding carboxylic acids is 2. The third-order valence-electron chi connectivity index (χ3n) is 5.27. The van der Waals surface area contributed by atoms with E-state index in [0.29, 0.717) is 30.8 Å². The largest absolute Gasteiger partial charge is 0.508 e. The number of rotatable bonds is 20. The van der Waals surface area contributed by atoms with Gasteiger partial charge in [-0.3, -0.25) is 0 Å². The molecule has 0 aliphatic rings. The molecule has 0 amide bonds. The average molecular weight is 447 g/mol. The van der Waals surface area contributed by atoms with Crippen LogP contribution >= 0.6 is 0 Å². The molecule has 0 fully saturated rings. The van der Waals surface area contributed by atoms with Gasteiger partial charge in [-0.2, -0.15) is 0 Å². The smallest absolute Gasteiger partial charge is 0.434 e. The van der Waals surface area contributed by atoms with Gasteiger partial charge in [-0.1, -0.05) is 78.1 Å². The van der Waals surface area contributed by atoms with Crippen LogP contribution < -0.4 is 0 Å². The van der Waals surface area contributed by atoms with E-state index in [1.165, 1.54) is 51.4 Å². The summed E-state index contributed by atoms with van der Waals surface area (Å²) in [5.41, 5.74) is 0. The zero-order valence-corrected chi connectivity index (χ0v) is 20.6. The molecule has 0 aromatic heterocycles. The molecule has 31 heavy (non-hydrogen) atoms. The predicted octanol–water partition coefficient (Wildman–Crippen LogP) is 6.09. The van der Waals surface area contributed by atoms with E-state index in [4.69, 9.17) is 18.9 Å². The summed E-state index contributed by atoms with van der Waals surface area (Å²) in [5.74, 6) is 0. The number of nitrogens with zero attached hydrogens (tertiary/aromatic N) is 1. The molecule has 0 bridgehead atoms. The van der Waals surface area contributed by atoms with Crippen molar-refractivity contribution in [3.05, 3.63) is 0 Å². The first-order chi connectivity index (χ1) is 14.9. The Labute approximate surface area is 190 Å². The van der Waals surface area contributed by atoms with E-state index in [1.807, 2.05) is 14.1 Å². The van der Waals surface area contributed by atoms with Crippen LogP contribution in [0.25, 0.3) is 0 Å². The molecule has 7 nitrogen and oxygen atoms in total. The highest BCUT2D eigenvalue weighted by Gasteiger charge is 2.17. The Kier molecular flexibility index (Phi) is 19.4. The van der Waals surface area contributed by atoms with Crippen LogP contribution in [0.1, 0.15) is 90.9 Å². The topological polar surface area (TPSA) is 71.1 Å². The lowest BCUT2D eigenvalue weighted by atomic mass is 10.1. The summed E-state index contributed by atoms with van der Waals surface area (Å²) in [6, 6.07) is 0. The zero-order valence-electron chi connectivity index (χ0n) is 20.6. The lowest BCUT2D eigenvalue weighted by Gasteiger charge is -2.28. The number of hydrogen-bond acceptors (Lipinski definition) is 6. The van der Waals surface area contributed by atoms with Gasteiger partial charge in [-0.05, 0) is 12.8 Å². The maximum Gasteiger partial charge on any atom is 0.508 e. The lowest BCUT2D eigenvalue weighted by Crippen LogP contribution is -2.45. The van der Waals surface area contributed by atoms with Crippen LogP contribution in [-0.2, 0) is 18.9 Å². The van der Waals surface area contributed by atoms with Gasteiger partial charge in [0.2, 0.25) is 0 Å². The standard InChI is InChI=1S/C24H48NO6/c1-5-7-9-11-13-15-19-28-23(26)30-21-17-25(3,4)18-22-31-24(27)29-20-16-14-12-10-8-6-2/h5-22H2,1-4H3/q+1. The average Bonchev–Trinajstić information content (AvgIpc) is 2.72. The van der Waals surface area contributed by atoms with E-state index in [1.54, 1.807) is 0 Å². The summed E-state index contributed by atoms with van der Waals surface area (Å²) in [5, 5.41) is 0. The Morgan fingerprint density at radius 3 is 1.23 bits per heavy atom. The summed E-state index contributed by atoms with van der Waals surface area (Å²) < 4.78 is 21.0. The van der Waals surface area contributed by atoms with Crippen LogP contribution in [0.3, 0.4) is 0 Å². The van der Waals surface area contributed by atoms with E-state index in [-0.39, 0.29) is 13.2 Å². The van der Waals surface area contributed by atoms with E-state index in [0.717, 1.165) is 25.7 Å². The Morgan fingerprint density at radius 1 is 0.516 bits per heavy atom. The summed E-state index contributed by atoms with van der Waals surface area (Å²) >= 11 is 0. The highest BCUT2D eigenvalue weighted by Crippen LogP contribution is 2.06. The molecule has 0 saturated carbocycles. The normalized spacial score (nSPS) is 11.2. The summed E-state index contributed by atoms with van der Waals surface area (Å²) in [6.45, 7) is 6.98. The molecule has 0 saturated heterocycles. The van der Waals surface area contributed by atoms with Crippen molar-refractivity contribution in [3.8, 4) is 0 Å². The Balaban J connectivity index is 3.62. The van der Waals surface area contributed by atoms with Crippen LogP contribution in [0.2, 0.25) is 0 Å². The van der Waals surface area contributed by atoms with Gasteiger partial charge in [0.1, 0.15) is 26.3 Å². The summed E-state index contributed by atoms with van der Waals surface area (Å²) in [4.78, 5) is 23.3. The van der Waals surface area contributed by atoms with E-state index >= 15 is 0 Å². The molecular weight excluding hydrogens is 398 g/mol. The molecule has 0 aliphatic carbocycles. The minimum Gasteiger partial charge on any atom is -0.434 e. The minimum atomic E-state index is -0.608. The molecule has 0 aromatic carbocycles. The number of likely N-dealkylation sites (N-methyl/N-ethyl adjacent to an activating group) is 1. The molecule has 0 aliphatic heterocycles. The van der Waals surface area contributed by atoms with Crippen molar-refractivity contribution in [3.63, 3.8) is 0 Å². The fourth-order valence-electron chi connectivity index (χ4n) is 3.02.